The molecule has 132 valence electrons. The predicted molar refractivity (Wildman–Crippen MR) is 107 cm³/mol. The highest BCUT2D eigenvalue weighted by Gasteiger charge is 2.20. The molecule has 4 rings (SSSR count). The SMILES string of the molecule is Cn1c(SCC(=O)O)c(-c2ccc(C#N)c3ccccc23)c2ccncc21. The zero-order valence-corrected chi connectivity index (χ0v) is 15.3. The lowest BCUT2D eigenvalue weighted by atomic mass is 9.95. The van der Waals surface area contributed by atoms with Crippen molar-refractivity contribution in [2.75, 3.05) is 5.75 Å². The molecule has 2 aromatic heterocycles. The average molecular weight is 373 g/mol. The molecule has 5 nitrogen and oxygen atoms in total. The molecule has 27 heavy (non-hydrogen) atoms. The van der Waals surface area contributed by atoms with Gasteiger partial charge in [0.05, 0.1) is 34.1 Å². The van der Waals surface area contributed by atoms with Crippen molar-refractivity contribution in [1.82, 2.24) is 9.55 Å². The average Bonchev–Trinajstić information content (AvgIpc) is 2.97. The second kappa shape index (κ2) is 6.78. The minimum Gasteiger partial charge on any atom is -0.481 e. The van der Waals surface area contributed by atoms with E-state index >= 15 is 0 Å². The standard InChI is InChI=1S/C21H15N3O2S/c1-24-18-11-23-9-8-17(18)20(21(24)27-12-19(25)26)16-7-6-13(10-22)14-4-2-3-5-15(14)16/h2-9,11H,12H2,1H3,(H,25,26). The van der Waals surface area contributed by atoms with Crippen molar-refractivity contribution in [2.45, 2.75) is 5.03 Å². The molecule has 0 fully saturated rings. The lowest BCUT2D eigenvalue weighted by Gasteiger charge is -2.11. The predicted octanol–water partition coefficient (Wildman–Crippen LogP) is 4.44. The van der Waals surface area contributed by atoms with Crippen molar-refractivity contribution in [3.63, 3.8) is 0 Å². The maximum absolute atomic E-state index is 11.2. The summed E-state index contributed by atoms with van der Waals surface area (Å²) in [5, 5.41) is 22.3. The third-order valence-corrected chi connectivity index (χ3v) is 5.74. The van der Waals surface area contributed by atoms with Gasteiger partial charge in [0.1, 0.15) is 0 Å². The number of rotatable bonds is 4. The molecule has 2 heterocycles. The normalized spacial score (nSPS) is 11.0. The minimum atomic E-state index is -0.862. The number of aromatic nitrogens is 2. The van der Waals surface area contributed by atoms with E-state index < -0.39 is 5.97 Å². The van der Waals surface area contributed by atoms with Gasteiger partial charge in [-0.25, -0.2) is 0 Å². The van der Waals surface area contributed by atoms with E-state index in [0.29, 0.717) is 5.56 Å². The molecule has 0 amide bonds. The molecule has 4 aromatic rings. The van der Waals surface area contributed by atoms with Gasteiger partial charge in [0.15, 0.2) is 0 Å². The van der Waals surface area contributed by atoms with Gasteiger partial charge in [0.25, 0.3) is 0 Å². The van der Waals surface area contributed by atoms with Gasteiger partial charge in [-0.1, -0.05) is 42.1 Å². The number of aliphatic carboxylic acids is 1. The summed E-state index contributed by atoms with van der Waals surface area (Å²) in [6.45, 7) is 0. The van der Waals surface area contributed by atoms with Gasteiger partial charge in [-0.2, -0.15) is 5.26 Å². The number of carbonyl (C=O) groups is 1. The number of benzene rings is 2. The second-order valence-corrected chi connectivity index (χ2v) is 7.10. The molecule has 1 N–H and O–H groups in total. The van der Waals surface area contributed by atoms with Crippen LogP contribution in [0.2, 0.25) is 0 Å². The molecule has 0 saturated heterocycles. The topological polar surface area (TPSA) is 78.9 Å². The van der Waals surface area contributed by atoms with Gasteiger partial charge in [0, 0.05) is 29.6 Å². The van der Waals surface area contributed by atoms with E-state index in [-0.39, 0.29) is 5.75 Å². The fourth-order valence-corrected chi connectivity index (χ4v) is 4.35. The highest BCUT2D eigenvalue weighted by Crippen LogP contribution is 2.42. The van der Waals surface area contributed by atoms with E-state index in [1.807, 2.05) is 54.1 Å². The summed E-state index contributed by atoms with van der Waals surface area (Å²) in [5.74, 6) is -0.891. The van der Waals surface area contributed by atoms with E-state index in [1.165, 1.54) is 11.8 Å². The van der Waals surface area contributed by atoms with Crippen LogP contribution in [-0.4, -0.2) is 26.4 Å². The number of pyridine rings is 1. The van der Waals surface area contributed by atoms with Gasteiger partial charge in [-0.05, 0) is 23.1 Å². The van der Waals surface area contributed by atoms with Gasteiger partial charge in [-0.3, -0.25) is 9.78 Å². The van der Waals surface area contributed by atoms with Gasteiger partial charge in [-0.15, -0.1) is 0 Å². The van der Waals surface area contributed by atoms with Crippen molar-refractivity contribution in [1.29, 1.82) is 5.26 Å². The van der Waals surface area contributed by atoms with E-state index in [4.69, 9.17) is 5.11 Å². The first-order chi connectivity index (χ1) is 13.1. The first kappa shape index (κ1) is 17.1. The zero-order valence-electron chi connectivity index (χ0n) is 14.5. The minimum absolute atomic E-state index is 0.0290. The van der Waals surface area contributed by atoms with Crippen LogP contribution in [0.5, 0.6) is 0 Å². The van der Waals surface area contributed by atoms with Gasteiger partial charge in [0.2, 0.25) is 0 Å². The highest BCUT2D eigenvalue weighted by molar-refractivity contribution is 8.00. The number of carboxylic acids is 1. The molecule has 0 bridgehead atoms. The number of hydrogen-bond acceptors (Lipinski definition) is 4. The number of fused-ring (bicyclic) bond motifs is 2. The smallest absolute Gasteiger partial charge is 0.313 e. The van der Waals surface area contributed by atoms with E-state index in [9.17, 15) is 10.1 Å². The number of hydrogen-bond donors (Lipinski definition) is 1. The zero-order chi connectivity index (χ0) is 19.0. The van der Waals surface area contributed by atoms with Crippen molar-refractivity contribution in [3.05, 3.63) is 60.4 Å². The summed E-state index contributed by atoms with van der Waals surface area (Å²) in [5.41, 5.74) is 3.51. The summed E-state index contributed by atoms with van der Waals surface area (Å²) in [7, 11) is 1.92. The van der Waals surface area contributed by atoms with Crippen molar-refractivity contribution in [3.8, 4) is 17.2 Å². The monoisotopic (exact) mass is 373 g/mol. The molecule has 0 radical (unpaired) electrons. The Balaban J connectivity index is 2.08. The Bertz CT molecular complexity index is 1240. The van der Waals surface area contributed by atoms with Crippen LogP contribution in [0.3, 0.4) is 0 Å². The van der Waals surface area contributed by atoms with Gasteiger partial charge >= 0.3 is 5.97 Å². The second-order valence-electron chi connectivity index (χ2n) is 6.13. The third-order valence-electron chi connectivity index (χ3n) is 4.60. The van der Waals surface area contributed by atoms with Crippen molar-refractivity contribution < 1.29 is 9.90 Å². The molecule has 0 aliphatic heterocycles. The summed E-state index contributed by atoms with van der Waals surface area (Å²) in [4.78, 5) is 15.4. The van der Waals surface area contributed by atoms with Crippen LogP contribution in [0.25, 0.3) is 32.8 Å². The maximum atomic E-state index is 11.2. The van der Waals surface area contributed by atoms with E-state index in [0.717, 1.165) is 37.8 Å². The van der Waals surface area contributed by atoms with Crippen LogP contribution < -0.4 is 0 Å². The number of nitriles is 1. The first-order valence-corrected chi connectivity index (χ1v) is 9.29. The molecule has 0 unspecified atom stereocenters. The Morgan fingerprint density at radius 2 is 1.96 bits per heavy atom. The van der Waals surface area contributed by atoms with Crippen molar-refractivity contribution >= 4 is 39.4 Å². The maximum Gasteiger partial charge on any atom is 0.313 e. The summed E-state index contributed by atoms with van der Waals surface area (Å²) in [6.07, 6.45) is 3.53. The molecule has 0 saturated carbocycles. The van der Waals surface area contributed by atoms with Crippen LogP contribution in [-0.2, 0) is 11.8 Å². The Labute approximate surface area is 159 Å². The van der Waals surface area contributed by atoms with E-state index in [1.54, 1.807) is 12.4 Å². The van der Waals surface area contributed by atoms with Gasteiger partial charge < -0.3 is 9.67 Å². The molecule has 0 atom stereocenters. The Kier molecular flexibility index (Phi) is 4.30. The summed E-state index contributed by atoms with van der Waals surface area (Å²) < 4.78 is 1.98. The van der Waals surface area contributed by atoms with Crippen molar-refractivity contribution in [2.24, 2.45) is 7.05 Å². The Morgan fingerprint density at radius 1 is 1.19 bits per heavy atom. The summed E-state index contributed by atoms with van der Waals surface area (Å²) in [6, 6.07) is 15.8. The summed E-state index contributed by atoms with van der Waals surface area (Å²) >= 11 is 1.29. The largest absolute Gasteiger partial charge is 0.481 e. The molecular weight excluding hydrogens is 358 g/mol. The third kappa shape index (κ3) is 2.82. The number of thioether (sulfide) groups is 1. The van der Waals surface area contributed by atoms with Crippen LogP contribution in [0.1, 0.15) is 5.56 Å². The lowest BCUT2D eigenvalue weighted by molar-refractivity contribution is -0.133. The molecular formula is C21H15N3O2S. The number of aryl methyl sites for hydroxylation is 1. The van der Waals surface area contributed by atoms with Crippen LogP contribution in [0.4, 0.5) is 0 Å². The fraction of sp³-hybridized carbons (Fsp3) is 0.0952. The number of carboxylic acid groups (broad SMARTS) is 1. The van der Waals surface area contributed by atoms with E-state index in [2.05, 4.69) is 11.1 Å². The molecule has 0 aliphatic carbocycles. The Morgan fingerprint density at radius 3 is 2.70 bits per heavy atom. The highest BCUT2D eigenvalue weighted by atomic mass is 32.2. The lowest BCUT2D eigenvalue weighted by Crippen LogP contribution is -2.00. The first-order valence-electron chi connectivity index (χ1n) is 8.31. The van der Waals surface area contributed by atoms with Crippen LogP contribution >= 0.6 is 11.8 Å². The fourth-order valence-electron chi connectivity index (χ4n) is 3.43. The Hall–Kier alpha value is -3.30. The molecule has 0 aliphatic rings. The quantitative estimate of drug-likeness (QED) is 0.535. The molecule has 6 heteroatoms. The number of nitrogens with zero attached hydrogens (tertiary/aromatic N) is 3. The molecule has 2 aromatic carbocycles. The van der Waals surface area contributed by atoms with Crippen LogP contribution in [0, 0.1) is 11.3 Å². The molecule has 0 spiro atoms. The van der Waals surface area contributed by atoms with Crippen LogP contribution in [0.15, 0.2) is 59.9 Å².